The van der Waals surface area contributed by atoms with E-state index < -0.39 is 24.4 Å². The number of alkyl halides is 3. The first kappa shape index (κ1) is 24.2. The van der Waals surface area contributed by atoms with Gasteiger partial charge in [0.2, 0.25) is 5.88 Å². The minimum absolute atomic E-state index is 0.179. The molecule has 4 rings (SSSR count). The topological polar surface area (TPSA) is 65.4 Å². The SMILES string of the molecule is O=C(COc1cc(C(F)(F)F)nn1-c1ccccc1Cl)NCc1ccc(Oc2ccccc2)cc1. The number of nitrogens with one attached hydrogen (secondary N) is 1. The third-order valence-electron chi connectivity index (χ3n) is 4.79. The highest BCUT2D eigenvalue weighted by molar-refractivity contribution is 6.32. The first-order valence-electron chi connectivity index (χ1n) is 10.4. The molecule has 35 heavy (non-hydrogen) atoms. The van der Waals surface area contributed by atoms with Crippen molar-refractivity contribution < 1.29 is 27.4 Å². The van der Waals surface area contributed by atoms with Crippen molar-refractivity contribution in [3.63, 3.8) is 0 Å². The predicted molar refractivity (Wildman–Crippen MR) is 124 cm³/mol. The van der Waals surface area contributed by atoms with Crippen molar-refractivity contribution in [2.24, 2.45) is 0 Å². The molecule has 0 aliphatic carbocycles. The summed E-state index contributed by atoms with van der Waals surface area (Å²) in [4.78, 5) is 12.3. The average molecular weight is 502 g/mol. The number of para-hydroxylation sites is 2. The highest BCUT2D eigenvalue weighted by Gasteiger charge is 2.36. The molecule has 4 aromatic rings. The summed E-state index contributed by atoms with van der Waals surface area (Å²) < 4.78 is 51.6. The lowest BCUT2D eigenvalue weighted by molar-refractivity contribution is -0.141. The summed E-state index contributed by atoms with van der Waals surface area (Å²) in [5.41, 5.74) is -0.164. The first-order chi connectivity index (χ1) is 16.8. The Balaban J connectivity index is 1.36. The van der Waals surface area contributed by atoms with E-state index in [0.717, 1.165) is 16.3 Å². The van der Waals surface area contributed by atoms with Gasteiger partial charge in [-0.1, -0.05) is 54.1 Å². The number of nitrogens with zero attached hydrogens (tertiary/aromatic N) is 2. The first-order valence-corrected chi connectivity index (χ1v) is 10.8. The van der Waals surface area contributed by atoms with Crippen molar-refractivity contribution in [2.75, 3.05) is 6.61 Å². The number of ether oxygens (including phenoxy) is 2. The third kappa shape index (κ3) is 6.33. The molecule has 0 spiro atoms. The van der Waals surface area contributed by atoms with Crippen LogP contribution in [-0.2, 0) is 17.5 Å². The van der Waals surface area contributed by atoms with Crippen molar-refractivity contribution >= 4 is 17.5 Å². The number of carbonyl (C=O) groups excluding carboxylic acids is 1. The summed E-state index contributed by atoms with van der Waals surface area (Å²) in [6, 6.07) is 23.4. The number of hydrogen-bond donors (Lipinski definition) is 1. The van der Waals surface area contributed by atoms with Gasteiger partial charge in [0.1, 0.15) is 11.5 Å². The van der Waals surface area contributed by atoms with Crippen LogP contribution in [0.3, 0.4) is 0 Å². The molecule has 1 N–H and O–H groups in total. The van der Waals surface area contributed by atoms with Crippen LogP contribution in [0.5, 0.6) is 17.4 Å². The fourth-order valence-corrected chi connectivity index (χ4v) is 3.31. The molecule has 0 saturated heterocycles. The molecular formula is C25H19ClF3N3O3. The molecule has 1 amide bonds. The molecule has 0 atom stereocenters. The molecule has 1 heterocycles. The Labute approximate surface area is 203 Å². The summed E-state index contributed by atoms with van der Waals surface area (Å²) in [6.45, 7) is -0.311. The van der Waals surface area contributed by atoms with Crippen LogP contribution in [0.1, 0.15) is 11.3 Å². The maximum atomic E-state index is 13.2. The van der Waals surface area contributed by atoms with Gasteiger partial charge in [-0.3, -0.25) is 4.79 Å². The zero-order valence-electron chi connectivity index (χ0n) is 18.1. The molecule has 0 aliphatic heterocycles. The van der Waals surface area contributed by atoms with Crippen LogP contribution >= 0.6 is 11.6 Å². The van der Waals surface area contributed by atoms with E-state index in [1.54, 1.807) is 36.4 Å². The number of hydrogen-bond acceptors (Lipinski definition) is 4. The monoisotopic (exact) mass is 501 g/mol. The van der Waals surface area contributed by atoms with Crippen LogP contribution in [0.2, 0.25) is 5.02 Å². The van der Waals surface area contributed by atoms with Crippen LogP contribution in [0.15, 0.2) is 84.9 Å². The molecule has 3 aromatic carbocycles. The van der Waals surface area contributed by atoms with E-state index in [1.165, 1.54) is 12.1 Å². The Morgan fingerprint density at radius 1 is 0.943 bits per heavy atom. The predicted octanol–water partition coefficient (Wildman–Crippen LogP) is 6.03. The zero-order chi connectivity index (χ0) is 24.8. The number of aromatic nitrogens is 2. The molecule has 10 heteroatoms. The van der Waals surface area contributed by atoms with E-state index in [9.17, 15) is 18.0 Å². The van der Waals surface area contributed by atoms with Crippen molar-refractivity contribution in [3.05, 3.63) is 101 Å². The van der Waals surface area contributed by atoms with Crippen molar-refractivity contribution in [1.82, 2.24) is 15.1 Å². The molecule has 0 aliphatic rings. The summed E-state index contributed by atoms with van der Waals surface area (Å²) in [7, 11) is 0. The van der Waals surface area contributed by atoms with Gasteiger partial charge >= 0.3 is 6.18 Å². The standard InChI is InChI=1S/C25H19ClF3N3O3/c26-20-8-4-5-9-21(20)32-24(14-22(31-32)25(27,28)29)34-16-23(33)30-15-17-10-12-19(13-11-17)35-18-6-2-1-3-7-18/h1-14H,15-16H2,(H,30,33). The maximum absolute atomic E-state index is 13.2. The lowest BCUT2D eigenvalue weighted by atomic mass is 10.2. The second kappa shape index (κ2) is 10.5. The van der Waals surface area contributed by atoms with Crippen LogP contribution < -0.4 is 14.8 Å². The van der Waals surface area contributed by atoms with Gasteiger partial charge < -0.3 is 14.8 Å². The normalized spacial score (nSPS) is 11.2. The fraction of sp³-hybridized carbons (Fsp3) is 0.120. The summed E-state index contributed by atoms with van der Waals surface area (Å²) >= 11 is 6.11. The van der Waals surface area contributed by atoms with E-state index in [2.05, 4.69) is 10.4 Å². The Kier molecular flexibility index (Phi) is 7.26. The van der Waals surface area contributed by atoms with E-state index >= 15 is 0 Å². The Bertz CT molecular complexity index is 1290. The maximum Gasteiger partial charge on any atom is 0.435 e. The van der Waals surface area contributed by atoms with Gasteiger partial charge in [-0.15, -0.1) is 0 Å². The van der Waals surface area contributed by atoms with E-state index in [-0.39, 0.29) is 23.1 Å². The molecule has 0 saturated carbocycles. The Hall–Kier alpha value is -3.98. The molecule has 180 valence electrons. The van der Waals surface area contributed by atoms with Crippen molar-refractivity contribution in [3.8, 4) is 23.1 Å². The van der Waals surface area contributed by atoms with Crippen LogP contribution in [0.4, 0.5) is 13.2 Å². The molecule has 0 fully saturated rings. The molecule has 0 radical (unpaired) electrons. The second-order valence-corrected chi connectivity index (χ2v) is 7.76. The number of benzene rings is 3. The number of carbonyl (C=O) groups is 1. The second-order valence-electron chi connectivity index (χ2n) is 7.35. The Morgan fingerprint density at radius 2 is 1.60 bits per heavy atom. The lowest BCUT2D eigenvalue weighted by Gasteiger charge is -2.11. The van der Waals surface area contributed by atoms with Crippen molar-refractivity contribution in [2.45, 2.75) is 12.7 Å². The fourth-order valence-electron chi connectivity index (χ4n) is 3.09. The van der Waals surface area contributed by atoms with E-state index in [1.807, 2.05) is 30.3 Å². The van der Waals surface area contributed by atoms with Crippen LogP contribution in [0.25, 0.3) is 5.69 Å². The quantitative estimate of drug-likeness (QED) is 0.320. The highest BCUT2D eigenvalue weighted by Crippen LogP contribution is 2.33. The summed E-state index contributed by atoms with van der Waals surface area (Å²) in [5.74, 6) is 0.566. The zero-order valence-corrected chi connectivity index (χ0v) is 18.9. The van der Waals surface area contributed by atoms with Gasteiger partial charge in [-0.05, 0) is 42.0 Å². The molecule has 6 nitrogen and oxygen atoms in total. The number of amides is 1. The summed E-state index contributed by atoms with van der Waals surface area (Å²) in [5, 5.41) is 6.40. The van der Waals surface area contributed by atoms with Gasteiger partial charge in [0.15, 0.2) is 12.3 Å². The van der Waals surface area contributed by atoms with Gasteiger partial charge in [0, 0.05) is 12.6 Å². The Morgan fingerprint density at radius 3 is 2.29 bits per heavy atom. The highest BCUT2D eigenvalue weighted by atomic mass is 35.5. The molecule has 1 aromatic heterocycles. The van der Waals surface area contributed by atoms with Gasteiger partial charge in [-0.2, -0.15) is 23.0 Å². The largest absolute Gasteiger partial charge is 0.467 e. The number of rotatable bonds is 8. The molecule has 0 bridgehead atoms. The minimum atomic E-state index is -4.69. The van der Waals surface area contributed by atoms with E-state index in [4.69, 9.17) is 21.1 Å². The summed E-state index contributed by atoms with van der Waals surface area (Å²) in [6.07, 6.45) is -4.69. The van der Waals surface area contributed by atoms with Gasteiger partial charge in [0.05, 0.1) is 10.7 Å². The van der Waals surface area contributed by atoms with Crippen LogP contribution in [-0.4, -0.2) is 22.3 Å². The molecular weight excluding hydrogens is 483 g/mol. The van der Waals surface area contributed by atoms with E-state index in [0.29, 0.717) is 11.5 Å². The average Bonchev–Trinajstić information content (AvgIpc) is 3.28. The lowest BCUT2D eigenvalue weighted by Crippen LogP contribution is -2.28. The van der Waals surface area contributed by atoms with Crippen LogP contribution in [0, 0.1) is 0 Å². The minimum Gasteiger partial charge on any atom is -0.467 e. The smallest absolute Gasteiger partial charge is 0.435 e. The van der Waals surface area contributed by atoms with Gasteiger partial charge in [0.25, 0.3) is 5.91 Å². The van der Waals surface area contributed by atoms with Crippen molar-refractivity contribution in [1.29, 1.82) is 0 Å². The van der Waals surface area contributed by atoms with Gasteiger partial charge in [-0.25, -0.2) is 0 Å². The third-order valence-corrected chi connectivity index (χ3v) is 5.11. The molecule has 0 unspecified atom stereocenters. The number of halogens is 4.